The fourth-order valence-corrected chi connectivity index (χ4v) is 2.48. The predicted molar refractivity (Wildman–Crippen MR) is 85.9 cm³/mol. The molecule has 0 radical (unpaired) electrons. The number of imidazole rings is 1. The van der Waals surface area contributed by atoms with Crippen molar-refractivity contribution in [3.8, 4) is 0 Å². The number of hydrogen-bond donors (Lipinski definition) is 3. The van der Waals surface area contributed by atoms with E-state index in [0.29, 0.717) is 12.0 Å². The quantitative estimate of drug-likeness (QED) is 0.709. The molecule has 0 saturated carbocycles. The van der Waals surface area contributed by atoms with Gasteiger partial charge in [0, 0.05) is 18.3 Å². The van der Waals surface area contributed by atoms with Crippen molar-refractivity contribution >= 4 is 22.7 Å². The molecule has 5 heteroatoms. The second-order valence-electron chi connectivity index (χ2n) is 6.10. The molecule has 110 valence electrons. The number of rotatable bonds is 6. The third-order valence-corrected chi connectivity index (χ3v) is 3.19. The Balaban J connectivity index is 2.14. The maximum atomic E-state index is 5.79. The molecular weight excluding hydrogens is 250 g/mol. The molecule has 1 unspecified atom stereocenters. The number of nitrogens with zero attached hydrogens (tertiary/aromatic N) is 2. The minimum absolute atomic E-state index is 0.378. The summed E-state index contributed by atoms with van der Waals surface area (Å²) in [5.74, 6) is 1.46. The number of likely N-dealkylation sites (N-methyl/N-ethyl adjacent to an activating group) is 1. The van der Waals surface area contributed by atoms with Gasteiger partial charge in [-0.2, -0.15) is 0 Å². The Bertz CT molecular complexity index is 548. The second-order valence-corrected chi connectivity index (χ2v) is 6.10. The normalized spacial score (nSPS) is 13.3. The van der Waals surface area contributed by atoms with Gasteiger partial charge in [0.05, 0.1) is 11.0 Å². The van der Waals surface area contributed by atoms with Gasteiger partial charge < -0.3 is 20.9 Å². The van der Waals surface area contributed by atoms with Gasteiger partial charge >= 0.3 is 0 Å². The van der Waals surface area contributed by atoms with Crippen LogP contribution in [0.1, 0.15) is 20.3 Å². The molecule has 1 aromatic heterocycles. The van der Waals surface area contributed by atoms with Gasteiger partial charge in [-0.25, -0.2) is 4.98 Å². The third-order valence-electron chi connectivity index (χ3n) is 3.19. The van der Waals surface area contributed by atoms with Crippen molar-refractivity contribution in [1.82, 2.24) is 14.9 Å². The van der Waals surface area contributed by atoms with E-state index in [1.807, 2.05) is 18.2 Å². The van der Waals surface area contributed by atoms with Crippen molar-refractivity contribution in [3.63, 3.8) is 0 Å². The SMILES string of the molecule is CC(C)CC(CN(C)C)Nc1nc2ccc(N)cc2[nH]1. The summed E-state index contributed by atoms with van der Waals surface area (Å²) in [6, 6.07) is 6.10. The number of nitrogens with two attached hydrogens (primary N) is 1. The van der Waals surface area contributed by atoms with Gasteiger partial charge in [-0.15, -0.1) is 0 Å². The Morgan fingerprint density at radius 2 is 2.10 bits per heavy atom. The van der Waals surface area contributed by atoms with E-state index in [1.54, 1.807) is 0 Å². The molecule has 0 fully saturated rings. The van der Waals surface area contributed by atoms with Gasteiger partial charge in [-0.3, -0.25) is 0 Å². The molecule has 1 atom stereocenters. The Hall–Kier alpha value is -1.75. The zero-order valence-electron chi connectivity index (χ0n) is 12.8. The van der Waals surface area contributed by atoms with Crippen molar-refractivity contribution in [2.75, 3.05) is 31.7 Å². The molecule has 5 nitrogen and oxygen atoms in total. The third kappa shape index (κ3) is 3.87. The smallest absolute Gasteiger partial charge is 0.201 e. The summed E-state index contributed by atoms with van der Waals surface area (Å²) < 4.78 is 0. The topological polar surface area (TPSA) is 70.0 Å². The summed E-state index contributed by atoms with van der Waals surface area (Å²) in [4.78, 5) is 10.1. The number of aromatic amines is 1. The van der Waals surface area contributed by atoms with Crippen molar-refractivity contribution in [2.45, 2.75) is 26.3 Å². The molecule has 2 aromatic rings. The van der Waals surface area contributed by atoms with Crippen LogP contribution < -0.4 is 11.1 Å². The number of aromatic nitrogens is 2. The van der Waals surface area contributed by atoms with Crippen LogP contribution in [0.3, 0.4) is 0 Å². The van der Waals surface area contributed by atoms with Gasteiger partial charge in [-0.1, -0.05) is 13.8 Å². The molecule has 1 aromatic carbocycles. The van der Waals surface area contributed by atoms with Gasteiger partial charge in [0.2, 0.25) is 5.95 Å². The maximum Gasteiger partial charge on any atom is 0.201 e. The van der Waals surface area contributed by atoms with Crippen molar-refractivity contribution in [1.29, 1.82) is 0 Å². The van der Waals surface area contributed by atoms with E-state index in [2.05, 4.69) is 48.1 Å². The molecule has 0 aliphatic rings. The fraction of sp³-hybridized carbons (Fsp3) is 0.533. The van der Waals surface area contributed by atoms with E-state index < -0.39 is 0 Å². The van der Waals surface area contributed by atoms with Gasteiger partial charge in [0.25, 0.3) is 0 Å². The molecule has 0 amide bonds. The van der Waals surface area contributed by atoms with Crippen LogP contribution in [0, 0.1) is 5.92 Å². The van der Waals surface area contributed by atoms with Gasteiger partial charge in [0.15, 0.2) is 0 Å². The molecule has 0 spiro atoms. The summed E-state index contributed by atoms with van der Waals surface area (Å²) in [6.45, 7) is 5.46. The van der Waals surface area contributed by atoms with E-state index in [4.69, 9.17) is 5.73 Å². The van der Waals surface area contributed by atoms with Crippen LogP contribution in [-0.2, 0) is 0 Å². The molecule has 0 bridgehead atoms. The van der Waals surface area contributed by atoms with Gasteiger partial charge in [-0.05, 0) is 44.6 Å². The van der Waals surface area contributed by atoms with E-state index in [9.17, 15) is 0 Å². The zero-order valence-corrected chi connectivity index (χ0v) is 12.8. The van der Waals surface area contributed by atoms with E-state index in [1.165, 1.54) is 0 Å². The highest BCUT2D eigenvalue weighted by Gasteiger charge is 2.14. The lowest BCUT2D eigenvalue weighted by atomic mass is 10.0. The average molecular weight is 275 g/mol. The number of nitrogen functional groups attached to an aromatic ring is 1. The predicted octanol–water partition coefficient (Wildman–Crippen LogP) is 2.53. The lowest BCUT2D eigenvalue weighted by Crippen LogP contribution is -2.33. The number of anilines is 2. The van der Waals surface area contributed by atoms with E-state index in [-0.39, 0.29) is 0 Å². The number of benzene rings is 1. The standard InChI is InChI=1S/C15H25N5/c1-10(2)7-12(9-20(3)4)17-15-18-13-6-5-11(16)8-14(13)19-15/h5-6,8,10,12H,7,9,16H2,1-4H3,(H2,17,18,19). The minimum atomic E-state index is 0.378. The molecule has 0 saturated heterocycles. The van der Waals surface area contributed by atoms with E-state index >= 15 is 0 Å². The molecule has 0 aliphatic heterocycles. The van der Waals surface area contributed by atoms with Crippen molar-refractivity contribution in [3.05, 3.63) is 18.2 Å². The first-order chi connectivity index (χ1) is 9.44. The highest BCUT2D eigenvalue weighted by atomic mass is 15.2. The second kappa shape index (κ2) is 6.13. The highest BCUT2D eigenvalue weighted by molar-refractivity contribution is 5.80. The number of fused-ring (bicyclic) bond motifs is 1. The van der Waals surface area contributed by atoms with Crippen LogP contribution in [0.5, 0.6) is 0 Å². The summed E-state index contributed by atoms with van der Waals surface area (Å²) in [7, 11) is 4.18. The lowest BCUT2D eigenvalue weighted by Gasteiger charge is -2.23. The van der Waals surface area contributed by atoms with Crippen LogP contribution in [0.4, 0.5) is 11.6 Å². The van der Waals surface area contributed by atoms with Crippen LogP contribution in [0.2, 0.25) is 0 Å². The lowest BCUT2D eigenvalue weighted by molar-refractivity contribution is 0.355. The first-order valence-electron chi connectivity index (χ1n) is 7.10. The number of hydrogen-bond acceptors (Lipinski definition) is 4. The zero-order chi connectivity index (χ0) is 14.7. The van der Waals surface area contributed by atoms with Crippen LogP contribution in [0.15, 0.2) is 18.2 Å². The Kier molecular flexibility index (Phi) is 4.49. The van der Waals surface area contributed by atoms with Gasteiger partial charge in [0.1, 0.15) is 0 Å². The summed E-state index contributed by atoms with van der Waals surface area (Å²) >= 11 is 0. The number of H-pyrrole nitrogens is 1. The monoisotopic (exact) mass is 275 g/mol. The minimum Gasteiger partial charge on any atom is -0.399 e. The van der Waals surface area contributed by atoms with Crippen molar-refractivity contribution in [2.24, 2.45) is 5.92 Å². The molecule has 1 heterocycles. The highest BCUT2D eigenvalue weighted by Crippen LogP contribution is 2.18. The summed E-state index contributed by atoms with van der Waals surface area (Å²) in [5, 5.41) is 3.50. The number of nitrogens with one attached hydrogen (secondary N) is 2. The summed E-state index contributed by atoms with van der Waals surface area (Å²) in [6.07, 6.45) is 1.11. The van der Waals surface area contributed by atoms with Crippen LogP contribution in [0.25, 0.3) is 11.0 Å². The first-order valence-corrected chi connectivity index (χ1v) is 7.10. The fourth-order valence-electron chi connectivity index (χ4n) is 2.48. The molecule has 4 N–H and O–H groups in total. The Morgan fingerprint density at radius 1 is 1.35 bits per heavy atom. The Labute approximate surface area is 120 Å². The average Bonchev–Trinajstić information content (AvgIpc) is 2.68. The maximum absolute atomic E-state index is 5.79. The largest absolute Gasteiger partial charge is 0.399 e. The first kappa shape index (κ1) is 14.7. The van der Waals surface area contributed by atoms with E-state index in [0.717, 1.165) is 35.6 Å². The molecule has 20 heavy (non-hydrogen) atoms. The Morgan fingerprint density at radius 3 is 2.75 bits per heavy atom. The molecule has 2 rings (SSSR count). The molecule has 0 aliphatic carbocycles. The van der Waals surface area contributed by atoms with Crippen molar-refractivity contribution < 1.29 is 0 Å². The molecular formula is C15H25N5. The van der Waals surface area contributed by atoms with Crippen LogP contribution >= 0.6 is 0 Å². The van der Waals surface area contributed by atoms with Crippen LogP contribution in [-0.4, -0.2) is 41.5 Å². The summed E-state index contributed by atoms with van der Waals surface area (Å²) in [5.41, 5.74) is 8.45.